The summed E-state index contributed by atoms with van der Waals surface area (Å²) in [4.78, 5) is 0.839. The summed E-state index contributed by atoms with van der Waals surface area (Å²) in [6.07, 6.45) is 1.69. The van der Waals surface area contributed by atoms with Crippen LogP contribution in [0, 0.1) is 18.3 Å². The second-order valence-corrected chi connectivity index (χ2v) is 6.01. The van der Waals surface area contributed by atoms with Crippen LogP contribution in [-0.2, 0) is 14.1 Å². The molecule has 0 amide bonds. The summed E-state index contributed by atoms with van der Waals surface area (Å²) in [5, 5.41) is 17.5. The zero-order valence-corrected chi connectivity index (χ0v) is 13.4. The zero-order chi connectivity index (χ0) is 15.7. The smallest absolute Gasteiger partial charge is 0.211 e. The average Bonchev–Trinajstić information content (AvgIpc) is 2.99. The van der Waals surface area contributed by atoms with Gasteiger partial charge in [0.15, 0.2) is 0 Å². The Morgan fingerprint density at radius 2 is 2.00 bits per heavy atom. The van der Waals surface area contributed by atoms with Crippen LogP contribution in [0.15, 0.2) is 40.5 Å². The van der Waals surface area contributed by atoms with E-state index < -0.39 is 0 Å². The first kappa shape index (κ1) is 14.3. The Labute approximate surface area is 132 Å². The first-order chi connectivity index (χ1) is 10.6. The van der Waals surface area contributed by atoms with E-state index in [2.05, 4.69) is 28.4 Å². The molecule has 0 fully saturated rings. The van der Waals surface area contributed by atoms with Crippen molar-refractivity contribution in [2.75, 3.05) is 0 Å². The highest BCUT2D eigenvalue weighted by molar-refractivity contribution is 7.16. The third kappa shape index (κ3) is 2.36. The Hall–Kier alpha value is -2.65. The summed E-state index contributed by atoms with van der Waals surface area (Å²) in [5.74, 6) is 0. The average molecular weight is 309 g/mol. The molecule has 22 heavy (non-hydrogen) atoms. The predicted octanol–water partition coefficient (Wildman–Crippen LogP) is 2.69. The second-order valence-electron chi connectivity index (χ2n) is 5.00. The molecule has 0 atom stereocenters. The number of para-hydroxylation sites is 1. The van der Waals surface area contributed by atoms with Gasteiger partial charge in [-0.2, -0.15) is 10.4 Å². The van der Waals surface area contributed by atoms with Gasteiger partial charge in [0.2, 0.25) is 4.80 Å². The number of hydrogen-bond donors (Lipinski definition) is 0. The number of aryl methyl sites for hydroxylation is 1. The molecule has 2 aromatic heterocycles. The third-order valence-corrected chi connectivity index (χ3v) is 4.85. The lowest BCUT2D eigenvalue weighted by molar-refractivity contribution is 0.865. The van der Waals surface area contributed by atoms with Gasteiger partial charge in [0.25, 0.3) is 0 Å². The van der Waals surface area contributed by atoms with Gasteiger partial charge < -0.3 is 9.13 Å². The van der Waals surface area contributed by atoms with E-state index in [1.54, 1.807) is 17.6 Å². The number of rotatable bonds is 2. The van der Waals surface area contributed by atoms with Gasteiger partial charge in [-0.1, -0.05) is 23.5 Å². The minimum absolute atomic E-state index is 0.617. The molecule has 3 rings (SSSR count). The van der Waals surface area contributed by atoms with E-state index in [4.69, 9.17) is 5.26 Å². The van der Waals surface area contributed by atoms with E-state index in [1.165, 1.54) is 4.70 Å². The van der Waals surface area contributed by atoms with Crippen LogP contribution in [0.4, 0.5) is 0 Å². The molecule has 0 bridgehead atoms. The number of nitrogens with zero attached hydrogens (tertiary/aromatic N) is 5. The summed E-state index contributed by atoms with van der Waals surface area (Å²) >= 11 is 1.60. The summed E-state index contributed by atoms with van der Waals surface area (Å²) < 4.78 is 5.05. The lowest BCUT2D eigenvalue weighted by Gasteiger charge is -1.96. The quantitative estimate of drug-likeness (QED) is 0.530. The summed E-state index contributed by atoms with van der Waals surface area (Å²) in [6, 6.07) is 12.1. The predicted molar refractivity (Wildman–Crippen MR) is 88.8 cm³/mol. The number of benzene rings is 1. The number of nitriles is 1. The van der Waals surface area contributed by atoms with Crippen molar-refractivity contribution >= 4 is 27.8 Å². The highest BCUT2D eigenvalue weighted by Crippen LogP contribution is 2.15. The Kier molecular flexibility index (Phi) is 3.65. The lowest BCUT2D eigenvalue weighted by Crippen LogP contribution is -2.08. The molecule has 0 saturated carbocycles. The fourth-order valence-electron chi connectivity index (χ4n) is 2.28. The summed E-state index contributed by atoms with van der Waals surface area (Å²) in [7, 11) is 3.85. The fraction of sp³-hybridized carbons (Fsp3) is 0.188. The lowest BCUT2D eigenvalue weighted by atomic mass is 10.3. The molecule has 3 aromatic rings. The normalized spacial score (nSPS) is 12.4. The first-order valence-electron chi connectivity index (χ1n) is 6.80. The minimum Gasteiger partial charge on any atom is -0.339 e. The van der Waals surface area contributed by atoms with Crippen LogP contribution in [0.1, 0.15) is 17.0 Å². The molecule has 0 unspecified atom stereocenters. The molecular formula is C16H15N5S. The van der Waals surface area contributed by atoms with Crippen molar-refractivity contribution in [1.29, 1.82) is 5.26 Å². The van der Waals surface area contributed by atoms with Crippen molar-refractivity contribution in [3.05, 3.63) is 52.1 Å². The molecule has 1 aromatic carbocycles. The van der Waals surface area contributed by atoms with Crippen LogP contribution in [0.3, 0.4) is 0 Å². The standard InChI is InChI=1S/C16H15N5S/c1-11-12(8-13(9-17)20(11)2)10-18-19-16-21(3)14-6-4-5-7-15(14)22-16/h4-8,10H,1-3H3/b18-10-,19-16-. The van der Waals surface area contributed by atoms with E-state index in [-0.39, 0.29) is 0 Å². The zero-order valence-electron chi connectivity index (χ0n) is 12.6. The van der Waals surface area contributed by atoms with Gasteiger partial charge >= 0.3 is 0 Å². The van der Waals surface area contributed by atoms with Crippen LogP contribution in [0.5, 0.6) is 0 Å². The van der Waals surface area contributed by atoms with Crippen molar-refractivity contribution in [2.45, 2.75) is 6.92 Å². The minimum atomic E-state index is 0.617. The first-order valence-corrected chi connectivity index (χ1v) is 7.61. The van der Waals surface area contributed by atoms with Crippen LogP contribution in [0.25, 0.3) is 10.2 Å². The second kappa shape index (κ2) is 5.62. The van der Waals surface area contributed by atoms with Crippen LogP contribution in [-0.4, -0.2) is 15.3 Å². The van der Waals surface area contributed by atoms with Crippen LogP contribution >= 0.6 is 11.3 Å². The number of thiazole rings is 1. The summed E-state index contributed by atoms with van der Waals surface area (Å²) in [5.41, 5.74) is 3.67. The highest BCUT2D eigenvalue weighted by Gasteiger charge is 2.06. The molecule has 0 saturated heterocycles. The van der Waals surface area contributed by atoms with Gasteiger partial charge in [-0.15, -0.1) is 5.10 Å². The van der Waals surface area contributed by atoms with Crippen molar-refractivity contribution in [2.24, 2.45) is 24.3 Å². The summed E-state index contributed by atoms with van der Waals surface area (Å²) in [6.45, 7) is 1.96. The molecule has 0 spiro atoms. The van der Waals surface area contributed by atoms with Crippen molar-refractivity contribution in [3.8, 4) is 6.07 Å². The van der Waals surface area contributed by atoms with Gasteiger partial charge in [0.1, 0.15) is 11.8 Å². The molecule has 0 aliphatic carbocycles. The van der Waals surface area contributed by atoms with E-state index in [9.17, 15) is 0 Å². The molecule has 110 valence electrons. The van der Waals surface area contributed by atoms with Gasteiger partial charge in [0.05, 0.1) is 16.4 Å². The molecule has 2 heterocycles. The number of fused-ring (bicyclic) bond motifs is 1. The molecule has 0 N–H and O–H groups in total. The molecule has 0 radical (unpaired) electrons. The molecule has 5 nitrogen and oxygen atoms in total. The number of hydrogen-bond acceptors (Lipinski definition) is 4. The van der Waals surface area contributed by atoms with Crippen LogP contribution < -0.4 is 4.80 Å². The van der Waals surface area contributed by atoms with Crippen LogP contribution in [0.2, 0.25) is 0 Å². The molecule has 0 aliphatic heterocycles. The van der Waals surface area contributed by atoms with Gasteiger partial charge in [-0.05, 0) is 25.1 Å². The monoisotopic (exact) mass is 309 g/mol. The van der Waals surface area contributed by atoms with Gasteiger partial charge in [-0.3, -0.25) is 0 Å². The van der Waals surface area contributed by atoms with Crippen molar-refractivity contribution in [1.82, 2.24) is 9.13 Å². The largest absolute Gasteiger partial charge is 0.339 e. The van der Waals surface area contributed by atoms with E-state index in [0.717, 1.165) is 21.6 Å². The maximum absolute atomic E-state index is 9.04. The number of aromatic nitrogens is 2. The van der Waals surface area contributed by atoms with Gasteiger partial charge in [0, 0.05) is 25.4 Å². The topological polar surface area (TPSA) is 58.4 Å². The molecule has 0 aliphatic rings. The Morgan fingerprint density at radius 3 is 2.68 bits per heavy atom. The van der Waals surface area contributed by atoms with E-state index in [0.29, 0.717) is 5.69 Å². The SMILES string of the molecule is Cc1c(/C=N\N=c2/sc3ccccc3n2C)cc(C#N)n1C. The fourth-order valence-corrected chi connectivity index (χ4v) is 3.26. The third-order valence-electron chi connectivity index (χ3n) is 3.74. The maximum atomic E-state index is 9.04. The Morgan fingerprint density at radius 1 is 1.23 bits per heavy atom. The van der Waals surface area contributed by atoms with E-state index in [1.807, 2.05) is 48.4 Å². The Bertz CT molecular complexity index is 978. The molecule has 6 heteroatoms. The Balaban J connectivity index is 1.99. The van der Waals surface area contributed by atoms with Gasteiger partial charge in [-0.25, -0.2) is 0 Å². The van der Waals surface area contributed by atoms with Crippen molar-refractivity contribution in [3.63, 3.8) is 0 Å². The van der Waals surface area contributed by atoms with E-state index >= 15 is 0 Å². The highest BCUT2D eigenvalue weighted by atomic mass is 32.1. The molecular weight excluding hydrogens is 294 g/mol. The maximum Gasteiger partial charge on any atom is 0.211 e. The van der Waals surface area contributed by atoms with Crippen molar-refractivity contribution < 1.29 is 0 Å².